The van der Waals surface area contributed by atoms with Crippen LogP contribution in [0.3, 0.4) is 0 Å². The fourth-order valence-corrected chi connectivity index (χ4v) is 3.38. The van der Waals surface area contributed by atoms with Crippen LogP contribution in [0.4, 0.5) is 5.69 Å². The van der Waals surface area contributed by atoms with E-state index in [1.807, 2.05) is 18.2 Å². The van der Waals surface area contributed by atoms with Crippen molar-refractivity contribution in [2.24, 2.45) is 10.7 Å². The van der Waals surface area contributed by atoms with E-state index in [0.717, 1.165) is 17.1 Å². The van der Waals surface area contributed by atoms with Gasteiger partial charge in [-0.1, -0.05) is 35.9 Å². The van der Waals surface area contributed by atoms with Crippen LogP contribution in [0.2, 0.25) is 5.02 Å². The van der Waals surface area contributed by atoms with Crippen molar-refractivity contribution in [3.05, 3.63) is 64.2 Å². The molecule has 108 valence electrons. The second-order valence-electron chi connectivity index (χ2n) is 5.23. The molecule has 0 amide bonds. The van der Waals surface area contributed by atoms with Crippen LogP contribution in [0.1, 0.15) is 22.7 Å². The van der Waals surface area contributed by atoms with E-state index in [1.165, 1.54) is 16.7 Å². The van der Waals surface area contributed by atoms with Crippen molar-refractivity contribution in [1.29, 1.82) is 0 Å². The Labute approximate surface area is 134 Å². The van der Waals surface area contributed by atoms with E-state index < -0.39 is 0 Å². The number of rotatable bonds is 0. The van der Waals surface area contributed by atoms with Crippen LogP contribution >= 0.6 is 24.0 Å². The highest BCUT2D eigenvalue weighted by Crippen LogP contribution is 2.40. The quantitative estimate of drug-likeness (QED) is 0.807. The third-order valence-corrected chi connectivity index (χ3v) is 4.32. The van der Waals surface area contributed by atoms with Gasteiger partial charge in [-0.15, -0.1) is 12.4 Å². The normalized spacial score (nSPS) is 18.8. The van der Waals surface area contributed by atoms with Gasteiger partial charge < -0.3 is 10.6 Å². The number of anilines is 1. The van der Waals surface area contributed by atoms with Crippen molar-refractivity contribution in [1.82, 2.24) is 0 Å². The summed E-state index contributed by atoms with van der Waals surface area (Å²) in [7, 11) is 0. The minimum absolute atomic E-state index is 0. The Hall–Kier alpha value is -1.71. The van der Waals surface area contributed by atoms with E-state index in [9.17, 15) is 0 Å². The van der Waals surface area contributed by atoms with E-state index in [0.29, 0.717) is 12.5 Å². The molecule has 0 saturated carbocycles. The molecule has 2 aliphatic rings. The summed E-state index contributed by atoms with van der Waals surface area (Å²) in [5.41, 5.74) is 11.1. The van der Waals surface area contributed by atoms with Gasteiger partial charge in [0.2, 0.25) is 0 Å². The van der Waals surface area contributed by atoms with Crippen LogP contribution in [0.25, 0.3) is 0 Å². The maximum atomic E-state index is 6.16. The maximum Gasteiger partial charge on any atom is 0.196 e. The zero-order chi connectivity index (χ0) is 13.7. The Morgan fingerprint density at radius 3 is 2.81 bits per heavy atom. The van der Waals surface area contributed by atoms with Gasteiger partial charge in [-0.3, -0.25) is 4.99 Å². The fourth-order valence-electron chi connectivity index (χ4n) is 3.18. The molecule has 5 heteroatoms. The first-order valence-corrected chi connectivity index (χ1v) is 7.07. The molecule has 21 heavy (non-hydrogen) atoms. The van der Waals surface area contributed by atoms with Crippen molar-refractivity contribution in [2.75, 3.05) is 11.4 Å². The first kappa shape index (κ1) is 14.2. The van der Waals surface area contributed by atoms with Crippen LogP contribution in [0.5, 0.6) is 0 Å². The van der Waals surface area contributed by atoms with E-state index in [-0.39, 0.29) is 18.4 Å². The summed E-state index contributed by atoms with van der Waals surface area (Å²) in [5.74, 6) is 0.593. The average Bonchev–Trinajstić information content (AvgIpc) is 2.75. The Morgan fingerprint density at radius 2 is 1.95 bits per heavy atom. The first-order valence-electron chi connectivity index (χ1n) is 6.69. The Morgan fingerprint density at radius 1 is 1.14 bits per heavy atom. The average molecular weight is 320 g/mol. The lowest BCUT2D eigenvalue weighted by Gasteiger charge is -2.26. The van der Waals surface area contributed by atoms with E-state index in [4.69, 9.17) is 17.3 Å². The Kier molecular flexibility index (Phi) is 3.56. The SMILES string of the molecule is Cl.NC1=NCC2c3ccccc3Cc3cc(Cl)ccc3N12. The lowest BCUT2D eigenvalue weighted by atomic mass is 9.97. The second-order valence-corrected chi connectivity index (χ2v) is 5.67. The number of aliphatic imine (C=N–C) groups is 1. The van der Waals surface area contributed by atoms with Gasteiger partial charge >= 0.3 is 0 Å². The standard InChI is InChI=1S/C16H14ClN3.ClH/c17-12-5-6-14-11(8-12)7-10-3-1-2-4-13(10)15-9-19-16(18)20(14)15;/h1-6,8,15H,7,9H2,(H2,18,19);1H. The summed E-state index contributed by atoms with van der Waals surface area (Å²) >= 11 is 6.16. The van der Waals surface area contributed by atoms with Crippen LogP contribution < -0.4 is 10.6 Å². The summed E-state index contributed by atoms with van der Waals surface area (Å²) in [6, 6.07) is 14.7. The van der Waals surface area contributed by atoms with Gasteiger partial charge in [0.1, 0.15) is 0 Å². The van der Waals surface area contributed by atoms with Crippen LogP contribution in [-0.2, 0) is 6.42 Å². The summed E-state index contributed by atoms with van der Waals surface area (Å²) in [6.45, 7) is 0.713. The molecule has 0 spiro atoms. The highest BCUT2D eigenvalue weighted by molar-refractivity contribution is 6.30. The molecule has 0 aliphatic carbocycles. The number of hydrogen-bond acceptors (Lipinski definition) is 3. The van der Waals surface area contributed by atoms with Gasteiger partial charge in [0.25, 0.3) is 0 Å². The van der Waals surface area contributed by atoms with Crippen LogP contribution in [0.15, 0.2) is 47.5 Å². The molecule has 2 N–H and O–H groups in total. The number of halogens is 2. The van der Waals surface area contributed by atoms with E-state index in [2.05, 4.69) is 34.2 Å². The lowest BCUT2D eigenvalue weighted by molar-refractivity contribution is 0.768. The topological polar surface area (TPSA) is 41.6 Å². The highest BCUT2D eigenvalue weighted by Gasteiger charge is 2.33. The summed E-state index contributed by atoms with van der Waals surface area (Å²) in [6.07, 6.45) is 0.881. The molecule has 0 aromatic heterocycles. The number of nitrogens with two attached hydrogens (primary N) is 1. The van der Waals surface area contributed by atoms with Crippen LogP contribution in [-0.4, -0.2) is 12.5 Å². The predicted molar refractivity (Wildman–Crippen MR) is 89.7 cm³/mol. The number of hydrogen-bond donors (Lipinski definition) is 1. The number of nitrogens with zero attached hydrogens (tertiary/aromatic N) is 2. The van der Waals surface area contributed by atoms with Crippen molar-refractivity contribution in [3.63, 3.8) is 0 Å². The zero-order valence-electron chi connectivity index (χ0n) is 11.3. The second kappa shape index (κ2) is 5.24. The van der Waals surface area contributed by atoms with Crippen molar-refractivity contribution < 1.29 is 0 Å². The van der Waals surface area contributed by atoms with Crippen molar-refractivity contribution >= 4 is 35.7 Å². The van der Waals surface area contributed by atoms with Gasteiger partial charge in [-0.25, -0.2) is 0 Å². The monoisotopic (exact) mass is 319 g/mol. The molecule has 2 aliphatic heterocycles. The molecule has 3 nitrogen and oxygen atoms in total. The Balaban J connectivity index is 0.00000132. The molecule has 1 unspecified atom stereocenters. The molecule has 4 rings (SSSR count). The number of fused-ring (bicyclic) bond motifs is 5. The minimum Gasteiger partial charge on any atom is -0.369 e. The molecule has 0 bridgehead atoms. The molecule has 0 saturated heterocycles. The highest BCUT2D eigenvalue weighted by atomic mass is 35.5. The van der Waals surface area contributed by atoms with Crippen LogP contribution in [0, 0.1) is 0 Å². The summed E-state index contributed by atoms with van der Waals surface area (Å²) < 4.78 is 0. The number of guanidine groups is 1. The van der Waals surface area contributed by atoms with Crippen molar-refractivity contribution in [2.45, 2.75) is 12.5 Å². The largest absolute Gasteiger partial charge is 0.369 e. The van der Waals surface area contributed by atoms with Gasteiger partial charge in [-0.2, -0.15) is 0 Å². The molecular weight excluding hydrogens is 305 g/mol. The molecule has 1 atom stereocenters. The van der Waals surface area contributed by atoms with Gasteiger partial charge in [0, 0.05) is 10.7 Å². The molecular formula is C16H15Cl2N3. The molecule has 2 heterocycles. The van der Waals surface area contributed by atoms with E-state index >= 15 is 0 Å². The maximum absolute atomic E-state index is 6.16. The summed E-state index contributed by atoms with van der Waals surface area (Å²) in [5, 5.41) is 0.759. The fraction of sp³-hybridized carbons (Fsp3) is 0.188. The van der Waals surface area contributed by atoms with Crippen molar-refractivity contribution in [3.8, 4) is 0 Å². The lowest BCUT2D eigenvalue weighted by Crippen LogP contribution is -2.36. The van der Waals surface area contributed by atoms with Gasteiger partial charge in [-0.05, 0) is 41.3 Å². The third-order valence-electron chi connectivity index (χ3n) is 4.08. The van der Waals surface area contributed by atoms with Gasteiger partial charge in [0.15, 0.2) is 5.96 Å². The predicted octanol–water partition coefficient (Wildman–Crippen LogP) is 3.54. The van der Waals surface area contributed by atoms with Gasteiger partial charge in [0.05, 0.1) is 12.6 Å². The molecule has 0 radical (unpaired) electrons. The smallest absolute Gasteiger partial charge is 0.196 e. The summed E-state index contributed by atoms with van der Waals surface area (Å²) in [4.78, 5) is 6.57. The number of benzene rings is 2. The third kappa shape index (κ3) is 2.17. The Bertz CT molecular complexity index is 727. The molecule has 2 aromatic rings. The van der Waals surface area contributed by atoms with E-state index in [1.54, 1.807) is 0 Å². The molecule has 2 aromatic carbocycles. The zero-order valence-corrected chi connectivity index (χ0v) is 12.9. The molecule has 0 fully saturated rings. The minimum atomic E-state index is 0. The first-order chi connectivity index (χ1) is 9.74.